The lowest BCUT2D eigenvalue weighted by Gasteiger charge is -2.11. The average molecular weight is 420 g/mol. The molecule has 0 aliphatic carbocycles. The Balaban J connectivity index is 1.50. The maximum absolute atomic E-state index is 12.7. The van der Waals surface area contributed by atoms with Crippen molar-refractivity contribution < 1.29 is 13.2 Å². The van der Waals surface area contributed by atoms with E-state index in [2.05, 4.69) is 53.6 Å². The highest BCUT2D eigenvalue weighted by atomic mass is 32.1. The summed E-state index contributed by atoms with van der Waals surface area (Å²) in [7, 11) is 4.11. The quantitative estimate of drug-likeness (QED) is 0.507. The number of nitrogens with one attached hydrogen (secondary N) is 1. The van der Waals surface area contributed by atoms with Crippen molar-refractivity contribution in [3.63, 3.8) is 0 Å². The van der Waals surface area contributed by atoms with Crippen LogP contribution >= 0.6 is 11.3 Å². The highest BCUT2D eigenvalue weighted by molar-refractivity contribution is 7.13. The van der Waals surface area contributed by atoms with Gasteiger partial charge in [0.25, 0.3) is 0 Å². The van der Waals surface area contributed by atoms with E-state index in [-0.39, 0.29) is 0 Å². The van der Waals surface area contributed by atoms with Gasteiger partial charge in [0, 0.05) is 24.0 Å². The van der Waals surface area contributed by atoms with E-state index in [9.17, 15) is 13.2 Å². The number of rotatable bonds is 8. The molecule has 2 aromatic carbocycles. The van der Waals surface area contributed by atoms with E-state index in [1.54, 1.807) is 0 Å². The zero-order valence-corrected chi connectivity index (χ0v) is 17.3. The molecule has 1 N–H and O–H groups in total. The number of thiazole rings is 1. The van der Waals surface area contributed by atoms with Crippen molar-refractivity contribution >= 4 is 11.3 Å². The molecule has 0 amide bonds. The summed E-state index contributed by atoms with van der Waals surface area (Å²) in [5.74, 6) is 0. The van der Waals surface area contributed by atoms with E-state index >= 15 is 0 Å². The van der Waals surface area contributed by atoms with Crippen molar-refractivity contribution in [1.82, 2.24) is 15.2 Å². The molecule has 0 saturated heterocycles. The lowest BCUT2D eigenvalue weighted by Crippen LogP contribution is -2.17. The minimum absolute atomic E-state index is 0.633. The van der Waals surface area contributed by atoms with Crippen LogP contribution < -0.4 is 5.32 Å². The topological polar surface area (TPSA) is 28.2 Å². The zero-order chi connectivity index (χ0) is 20.9. The van der Waals surface area contributed by atoms with Crippen molar-refractivity contribution in [2.24, 2.45) is 0 Å². The van der Waals surface area contributed by atoms with Crippen molar-refractivity contribution in [3.05, 3.63) is 76.3 Å². The van der Waals surface area contributed by atoms with Crippen molar-refractivity contribution in [2.45, 2.75) is 25.7 Å². The van der Waals surface area contributed by atoms with Gasteiger partial charge in [0.05, 0.1) is 11.3 Å². The van der Waals surface area contributed by atoms with Gasteiger partial charge < -0.3 is 10.2 Å². The Hall–Kier alpha value is -2.22. The number of halogens is 3. The standard InChI is InChI=1S/C22H24F3N3S/c1-28(2)14-17-5-3-4-16(12-17)10-11-26-13-20-15-29-21(27-20)18-6-8-19(9-7-18)22(23,24)25/h3-9,12,15,26H,10-11,13-14H2,1-2H3. The predicted octanol–water partition coefficient (Wildman–Crippen LogP) is 5.22. The van der Waals surface area contributed by atoms with Gasteiger partial charge in [-0.15, -0.1) is 11.3 Å². The van der Waals surface area contributed by atoms with E-state index < -0.39 is 11.7 Å². The molecule has 3 rings (SSSR count). The smallest absolute Gasteiger partial charge is 0.311 e. The second-order valence-corrected chi connectivity index (χ2v) is 8.06. The van der Waals surface area contributed by atoms with Gasteiger partial charge in [0.2, 0.25) is 0 Å². The number of hydrogen-bond acceptors (Lipinski definition) is 4. The SMILES string of the molecule is CN(C)Cc1cccc(CCNCc2csc(-c3ccc(C(F)(F)F)cc3)n2)c1. The van der Waals surface area contributed by atoms with Crippen LogP contribution in [0, 0.1) is 0 Å². The Morgan fingerprint density at radius 3 is 2.45 bits per heavy atom. The summed E-state index contributed by atoms with van der Waals surface area (Å²) in [4.78, 5) is 6.68. The molecule has 1 aromatic heterocycles. The second kappa shape index (κ2) is 9.52. The van der Waals surface area contributed by atoms with Crippen LogP contribution in [0.15, 0.2) is 53.9 Å². The van der Waals surface area contributed by atoms with Crippen LogP contribution in [0.4, 0.5) is 13.2 Å². The molecular weight excluding hydrogens is 395 g/mol. The maximum atomic E-state index is 12.7. The molecule has 0 aliphatic heterocycles. The summed E-state index contributed by atoms with van der Waals surface area (Å²) in [5.41, 5.74) is 3.54. The number of aromatic nitrogens is 1. The van der Waals surface area contributed by atoms with Gasteiger partial charge in [-0.1, -0.05) is 36.4 Å². The Bertz CT molecular complexity index is 918. The normalized spacial score (nSPS) is 11.9. The summed E-state index contributed by atoms with van der Waals surface area (Å²) in [6.07, 6.45) is -3.39. The van der Waals surface area contributed by atoms with Crippen LogP contribution in [0.25, 0.3) is 10.6 Å². The van der Waals surface area contributed by atoms with Crippen molar-refractivity contribution in [1.29, 1.82) is 0 Å². The van der Waals surface area contributed by atoms with Crippen LogP contribution in [0.1, 0.15) is 22.4 Å². The highest BCUT2D eigenvalue weighted by Gasteiger charge is 2.30. The molecule has 0 fully saturated rings. The Morgan fingerprint density at radius 1 is 1.03 bits per heavy atom. The third kappa shape index (κ3) is 6.39. The molecular formula is C22H24F3N3S. The highest BCUT2D eigenvalue weighted by Crippen LogP contribution is 2.31. The monoisotopic (exact) mass is 419 g/mol. The van der Waals surface area contributed by atoms with E-state index in [0.717, 1.165) is 42.3 Å². The number of nitrogens with zero attached hydrogens (tertiary/aromatic N) is 2. The molecule has 3 aromatic rings. The van der Waals surface area contributed by atoms with Crippen LogP contribution in [0.3, 0.4) is 0 Å². The Kier molecular flexibility index (Phi) is 7.05. The fourth-order valence-corrected chi connectivity index (χ4v) is 3.85. The lowest BCUT2D eigenvalue weighted by molar-refractivity contribution is -0.137. The van der Waals surface area contributed by atoms with Crippen LogP contribution in [0.5, 0.6) is 0 Å². The van der Waals surface area contributed by atoms with E-state index in [4.69, 9.17) is 0 Å². The molecule has 0 saturated carbocycles. The predicted molar refractivity (Wildman–Crippen MR) is 112 cm³/mol. The van der Waals surface area contributed by atoms with Crippen molar-refractivity contribution in [3.8, 4) is 10.6 Å². The first-order valence-electron chi connectivity index (χ1n) is 9.36. The van der Waals surface area contributed by atoms with Crippen LogP contribution in [-0.4, -0.2) is 30.5 Å². The molecule has 0 radical (unpaired) electrons. The largest absolute Gasteiger partial charge is 0.416 e. The second-order valence-electron chi connectivity index (χ2n) is 7.20. The molecule has 0 spiro atoms. The first kappa shape index (κ1) is 21.5. The molecule has 0 aliphatic rings. The molecule has 0 unspecified atom stereocenters. The van der Waals surface area contributed by atoms with Crippen LogP contribution in [0.2, 0.25) is 0 Å². The third-order valence-corrected chi connectivity index (χ3v) is 5.34. The molecule has 1 heterocycles. The first-order valence-corrected chi connectivity index (χ1v) is 10.2. The summed E-state index contributed by atoms with van der Waals surface area (Å²) >= 11 is 1.44. The first-order chi connectivity index (χ1) is 13.8. The fraction of sp³-hybridized carbons (Fsp3) is 0.318. The van der Waals surface area contributed by atoms with E-state index in [0.29, 0.717) is 12.1 Å². The van der Waals surface area contributed by atoms with Gasteiger partial charge in [0.15, 0.2) is 0 Å². The number of benzene rings is 2. The van der Waals surface area contributed by atoms with Gasteiger partial charge in [0.1, 0.15) is 5.01 Å². The minimum Gasteiger partial charge on any atom is -0.311 e. The summed E-state index contributed by atoms with van der Waals surface area (Å²) in [5, 5.41) is 6.06. The Labute approximate surface area is 173 Å². The third-order valence-electron chi connectivity index (χ3n) is 4.40. The summed E-state index contributed by atoms with van der Waals surface area (Å²) in [6.45, 7) is 2.39. The molecule has 29 heavy (non-hydrogen) atoms. The zero-order valence-electron chi connectivity index (χ0n) is 16.5. The van der Waals surface area contributed by atoms with Gasteiger partial charge in [-0.05, 0) is 50.3 Å². The maximum Gasteiger partial charge on any atom is 0.416 e. The van der Waals surface area contributed by atoms with E-state index in [1.165, 1.54) is 34.6 Å². The number of hydrogen-bond donors (Lipinski definition) is 1. The van der Waals surface area contributed by atoms with Crippen LogP contribution in [-0.2, 0) is 25.7 Å². The lowest BCUT2D eigenvalue weighted by atomic mass is 10.1. The van der Waals surface area contributed by atoms with Crippen molar-refractivity contribution in [2.75, 3.05) is 20.6 Å². The molecule has 0 atom stereocenters. The van der Waals surface area contributed by atoms with E-state index in [1.807, 2.05) is 5.38 Å². The van der Waals surface area contributed by atoms with Gasteiger partial charge in [-0.2, -0.15) is 13.2 Å². The molecule has 154 valence electrons. The molecule has 3 nitrogen and oxygen atoms in total. The molecule has 0 bridgehead atoms. The minimum atomic E-state index is -4.32. The summed E-state index contributed by atoms with van der Waals surface area (Å²) < 4.78 is 38.0. The fourth-order valence-electron chi connectivity index (χ4n) is 3.02. The summed E-state index contributed by atoms with van der Waals surface area (Å²) in [6, 6.07) is 13.7. The van der Waals surface area contributed by atoms with Gasteiger partial charge in [-0.25, -0.2) is 4.98 Å². The Morgan fingerprint density at radius 2 is 1.76 bits per heavy atom. The number of alkyl halides is 3. The molecule has 7 heteroatoms. The average Bonchev–Trinajstić information content (AvgIpc) is 3.13. The van der Waals surface area contributed by atoms with Gasteiger partial charge in [-0.3, -0.25) is 0 Å². The van der Waals surface area contributed by atoms with Gasteiger partial charge >= 0.3 is 6.18 Å².